The summed E-state index contributed by atoms with van der Waals surface area (Å²) in [6.45, 7) is 4.55. The normalized spacial score (nSPS) is 12.6. The van der Waals surface area contributed by atoms with Crippen LogP contribution in [0.5, 0.6) is 0 Å². The van der Waals surface area contributed by atoms with E-state index in [2.05, 4.69) is 30.2 Å². The SMILES string of the molecule is CCCCCCCCCCCCCCCC/C=C/C(CCCCCCCCCCCCCCCCCCCC)COS(=O)(=O)[O-].[K+]. The zero-order valence-electron chi connectivity index (χ0n) is 31.5. The summed E-state index contributed by atoms with van der Waals surface area (Å²) in [6, 6.07) is 0. The van der Waals surface area contributed by atoms with Crippen molar-refractivity contribution in [2.75, 3.05) is 6.61 Å². The van der Waals surface area contributed by atoms with Crippen molar-refractivity contribution >= 4 is 10.4 Å². The summed E-state index contributed by atoms with van der Waals surface area (Å²) in [4.78, 5) is 0. The van der Waals surface area contributed by atoms with Gasteiger partial charge < -0.3 is 4.55 Å². The molecule has 0 saturated carbocycles. The molecule has 0 aromatic heterocycles. The standard InChI is InChI=1S/C40H80O4S.K/c1-3-5-7-9-11-13-15-17-19-21-22-24-26-28-30-32-34-36-38-40(39-44-45(41,42)43)37-35-33-31-29-27-25-23-20-18-16-14-12-10-8-6-4-2;/h35,37,40H,3-34,36,38-39H2,1-2H3,(H,41,42,43);/q;+1/p-1/b37-35+;. The quantitative estimate of drug-likeness (QED) is 0.0212. The summed E-state index contributed by atoms with van der Waals surface area (Å²) in [7, 11) is -4.63. The van der Waals surface area contributed by atoms with Crippen molar-refractivity contribution in [1.82, 2.24) is 0 Å². The van der Waals surface area contributed by atoms with Crippen LogP contribution in [-0.2, 0) is 14.6 Å². The summed E-state index contributed by atoms with van der Waals surface area (Å²) < 4.78 is 37.6. The first kappa shape index (κ1) is 49.4. The van der Waals surface area contributed by atoms with Crippen LogP contribution in [-0.4, -0.2) is 19.6 Å². The van der Waals surface area contributed by atoms with Crippen LogP contribution in [0.1, 0.15) is 232 Å². The van der Waals surface area contributed by atoms with Crippen LogP contribution in [0.2, 0.25) is 0 Å². The first-order chi connectivity index (χ1) is 22.0. The molecule has 1 unspecified atom stereocenters. The van der Waals surface area contributed by atoms with Gasteiger partial charge in [-0.1, -0.05) is 225 Å². The molecule has 0 fully saturated rings. The van der Waals surface area contributed by atoms with Gasteiger partial charge in [0, 0.05) is 5.92 Å². The van der Waals surface area contributed by atoms with Gasteiger partial charge in [0.25, 0.3) is 0 Å². The smallest absolute Gasteiger partial charge is 0.726 e. The van der Waals surface area contributed by atoms with Crippen LogP contribution in [0.4, 0.5) is 0 Å². The topological polar surface area (TPSA) is 66.4 Å². The molecule has 0 bridgehead atoms. The second-order valence-corrected chi connectivity index (χ2v) is 15.1. The Morgan fingerprint density at radius 1 is 0.478 bits per heavy atom. The molecule has 0 spiro atoms. The van der Waals surface area contributed by atoms with E-state index < -0.39 is 10.4 Å². The third-order valence-electron chi connectivity index (χ3n) is 9.49. The van der Waals surface area contributed by atoms with Crippen molar-refractivity contribution in [3.63, 3.8) is 0 Å². The average Bonchev–Trinajstić information content (AvgIpc) is 3.02. The van der Waals surface area contributed by atoms with E-state index in [-0.39, 0.29) is 63.9 Å². The molecule has 0 aliphatic carbocycles. The molecule has 0 aliphatic heterocycles. The average molecular weight is 695 g/mol. The minimum atomic E-state index is -4.63. The number of hydrogen-bond donors (Lipinski definition) is 0. The molecular weight excluding hydrogens is 616 g/mol. The molecule has 0 rings (SSSR count). The van der Waals surface area contributed by atoms with Crippen LogP contribution < -0.4 is 51.4 Å². The first-order valence-electron chi connectivity index (χ1n) is 20.3. The third-order valence-corrected chi connectivity index (χ3v) is 9.91. The number of rotatable bonds is 38. The van der Waals surface area contributed by atoms with Gasteiger partial charge in [-0.2, -0.15) is 0 Å². The van der Waals surface area contributed by atoms with E-state index in [1.54, 1.807) is 0 Å². The fraction of sp³-hybridized carbons (Fsp3) is 0.950. The van der Waals surface area contributed by atoms with Gasteiger partial charge in [-0.15, -0.1) is 0 Å². The molecule has 270 valence electrons. The molecule has 0 heterocycles. The van der Waals surface area contributed by atoms with Crippen molar-refractivity contribution in [2.24, 2.45) is 5.92 Å². The summed E-state index contributed by atoms with van der Waals surface area (Å²) in [6.07, 6.45) is 49.7. The molecule has 0 aromatic carbocycles. The second-order valence-electron chi connectivity index (χ2n) is 14.1. The number of hydrogen-bond acceptors (Lipinski definition) is 4. The number of unbranched alkanes of at least 4 members (excludes halogenated alkanes) is 31. The van der Waals surface area contributed by atoms with Crippen molar-refractivity contribution in [2.45, 2.75) is 232 Å². The van der Waals surface area contributed by atoms with Crippen LogP contribution in [0.25, 0.3) is 0 Å². The van der Waals surface area contributed by atoms with Gasteiger partial charge in [0.05, 0.1) is 6.61 Å². The molecule has 0 amide bonds. The van der Waals surface area contributed by atoms with Crippen LogP contribution in [0.3, 0.4) is 0 Å². The molecule has 46 heavy (non-hydrogen) atoms. The van der Waals surface area contributed by atoms with E-state index in [0.717, 1.165) is 19.3 Å². The molecule has 6 heteroatoms. The summed E-state index contributed by atoms with van der Waals surface area (Å²) in [5.74, 6) is 0.0152. The predicted octanol–water partition coefficient (Wildman–Crippen LogP) is 10.9. The van der Waals surface area contributed by atoms with Crippen molar-refractivity contribution < 1.29 is 68.5 Å². The monoisotopic (exact) mass is 695 g/mol. The Kier molecular flexibility index (Phi) is 43.6. The Morgan fingerprint density at radius 3 is 1.07 bits per heavy atom. The van der Waals surface area contributed by atoms with Gasteiger partial charge in [-0.25, -0.2) is 8.42 Å². The summed E-state index contributed by atoms with van der Waals surface area (Å²) in [5.41, 5.74) is 0. The van der Waals surface area contributed by atoms with Crippen molar-refractivity contribution in [1.29, 1.82) is 0 Å². The van der Waals surface area contributed by atoms with Gasteiger partial charge in [-0.05, 0) is 19.3 Å². The minimum absolute atomic E-state index is 0. The Morgan fingerprint density at radius 2 is 0.761 bits per heavy atom. The minimum Gasteiger partial charge on any atom is -0.726 e. The first-order valence-corrected chi connectivity index (χ1v) is 21.6. The van der Waals surface area contributed by atoms with E-state index in [4.69, 9.17) is 0 Å². The molecular formula is C40H79KO4S. The van der Waals surface area contributed by atoms with E-state index in [1.807, 2.05) is 0 Å². The summed E-state index contributed by atoms with van der Waals surface area (Å²) in [5, 5.41) is 0. The Hall–Kier alpha value is 1.25. The van der Waals surface area contributed by atoms with E-state index in [0.29, 0.717) is 0 Å². The Labute approximate surface area is 332 Å². The van der Waals surface area contributed by atoms with E-state index >= 15 is 0 Å². The fourth-order valence-corrected chi connectivity index (χ4v) is 6.80. The van der Waals surface area contributed by atoms with Gasteiger partial charge in [0.15, 0.2) is 0 Å². The largest absolute Gasteiger partial charge is 1.00 e. The summed E-state index contributed by atoms with van der Waals surface area (Å²) >= 11 is 0. The van der Waals surface area contributed by atoms with E-state index in [1.165, 1.54) is 199 Å². The Balaban J connectivity index is 0. The fourth-order valence-electron chi connectivity index (χ4n) is 6.46. The molecule has 0 aromatic rings. The van der Waals surface area contributed by atoms with Crippen molar-refractivity contribution in [3.05, 3.63) is 12.2 Å². The molecule has 0 saturated heterocycles. The maximum atomic E-state index is 11.0. The van der Waals surface area contributed by atoms with Gasteiger partial charge in [-0.3, -0.25) is 4.18 Å². The zero-order chi connectivity index (χ0) is 32.9. The second kappa shape index (κ2) is 40.7. The molecule has 0 aliphatic rings. The predicted molar refractivity (Wildman–Crippen MR) is 197 cm³/mol. The maximum absolute atomic E-state index is 11.0. The maximum Gasteiger partial charge on any atom is 1.00 e. The Bertz CT molecular complexity index is 697. The molecule has 0 radical (unpaired) electrons. The van der Waals surface area contributed by atoms with Crippen LogP contribution in [0.15, 0.2) is 12.2 Å². The molecule has 4 nitrogen and oxygen atoms in total. The van der Waals surface area contributed by atoms with Gasteiger partial charge in [0.1, 0.15) is 0 Å². The van der Waals surface area contributed by atoms with Gasteiger partial charge >= 0.3 is 51.4 Å². The van der Waals surface area contributed by atoms with Gasteiger partial charge in [0.2, 0.25) is 10.4 Å². The number of allylic oxidation sites excluding steroid dienone is 1. The molecule has 0 N–H and O–H groups in total. The van der Waals surface area contributed by atoms with Crippen LogP contribution in [0, 0.1) is 5.92 Å². The molecule has 1 atom stereocenters. The zero-order valence-corrected chi connectivity index (χ0v) is 35.5. The van der Waals surface area contributed by atoms with E-state index in [9.17, 15) is 13.0 Å². The van der Waals surface area contributed by atoms with Crippen molar-refractivity contribution in [3.8, 4) is 0 Å². The third kappa shape index (κ3) is 43.3. The van der Waals surface area contributed by atoms with Crippen LogP contribution >= 0.6 is 0 Å².